The standard InChI is InChI=1S/C39H38O23/c40-16-8-22-17(23(9-16)59-38-35(54)33(52)32(51)26(61-38)13-57-29(48)11-27(45)46)10-24(37(58-22)15-6-20(43)30(49)21(44)7-15)60-39-36(55)34(53)31(50)25(62-39)12-56-28(47)4-2-14-1-3-18(41)19(42)5-14/h1-10,25-26,31-36,38-39,50-55H,11-13H2,(H6-,40,41,42,43,44,45,46,47,49)/p+1/t25?,26?,31-,32+,33-,34?,35?,36?,38+,39+/m0/s1. The first kappa shape index (κ1) is 44.8. The zero-order valence-electron chi connectivity index (χ0n) is 31.6. The lowest BCUT2D eigenvalue weighted by atomic mass is 9.99. The fourth-order valence-corrected chi connectivity index (χ4v) is 6.22. The van der Waals surface area contributed by atoms with Gasteiger partial charge in [-0.15, -0.1) is 0 Å². The minimum atomic E-state index is -2.04. The van der Waals surface area contributed by atoms with Crippen LogP contribution in [0, 0.1) is 0 Å². The summed E-state index contributed by atoms with van der Waals surface area (Å²) in [6, 6.07) is 8.69. The maximum absolute atomic E-state index is 12.5. The number of aliphatic hydroxyl groups is 6. The fraction of sp³-hybridized carbons (Fsp3) is 0.333. The number of carbonyl (C=O) groups excluding carboxylic acids is 2. The van der Waals surface area contributed by atoms with Crippen molar-refractivity contribution in [3.05, 3.63) is 60.2 Å². The molecule has 1 aromatic heterocycles. The zero-order chi connectivity index (χ0) is 45.2. The lowest BCUT2D eigenvalue weighted by Gasteiger charge is -2.40. The van der Waals surface area contributed by atoms with Crippen LogP contribution in [-0.4, -0.2) is 159 Å². The first-order valence-electron chi connectivity index (χ1n) is 18.2. The average molecular weight is 876 g/mol. The summed E-state index contributed by atoms with van der Waals surface area (Å²) in [5.41, 5.74) is -0.177. The summed E-state index contributed by atoms with van der Waals surface area (Å²) in [5.74, 6) is -9.00. The van der Waals surface area contributed by atoms with Crippen molar-refractivity contribution in [3.63, 3.8) is 0 Å². The molecule has 3 aromatic carbocycles. The largest absolute Gasteiger partial charge is 0.507 e. The molecule has 4 aromatic rings. The van der Waals surface area contributed by atoms with Crippen molar-refractivity contribution < 1.29 is 114 Å². The molecule has 332 valence electrons. The lowest BCUT2D eigenvalue weighted by Crippen LogP contribution is -2.60. The second-order valence-electron chi connectivity index (χ2n) is 13.9. The number of carbonyl (C=O) groups is 3. The summed E-state index contributed by atoms with van der Waals surface area (Å²) in [4.78, 5) is 35.2. The van der Waals surface area contributed by atoms with Crippen molar-refractivity contribution in [1.29, 1.82) is 0 Å². The van der Waals surface area contributed by atoms with Crippen molar-refractivity contribution in [2.24, 2.45) is 0 Å². The Labute approximate surface area is 346 Å². The molecule has 5 unspecified atom stereocenters. The number of hydrogen-bond acceptors (Lipinski definition) is 21. The van der Waals surface area contributed by atoms with E-state index in [4.69, 9.17) is 37.9 Å². The van der Waals surface area contributed by atoms with E-state index in [-0.39, 0.29) is 16.5 Å². The van der Waals surface area contributed by atoms with Crippen LogP contribution in [0.4, 0.5) is 0 Å². The van der Waals surface area contributed by atoms with E-state index in [1.165, 1.54) is 18.2 Å². The average Bonchev–Trinajstić information content (AvgIpc) is 3.22. The van der Waals surface area contributed by atoms with Crippen molar-refractivity contribution in [1.82, 2.24) is 0 Å². The molecule has 0 saturated carbocycles. The molecular formula is C39H39O23+. The molecule has 6 rings (SSSR count). The van der Waals surface area contributed by atoms with Crippen molar-refractivity contribution in [3.8, 4) is 57.3 Å². The smallest absolute Gasteiger partial charge is 0.402 e. The highest BCUT2D eigenvalue weighted by atomic mass is 16.7. The van der Waals surface area contributed by atoms with Gasteiger partial charge in [-0.2, -0.15) is 0 Å². The molecule has 0 aliphatic carbocycles. The van der Waals surface area contributed by atoms with Crippen LogP contribution < -0.4 is 9.47 Å². The molecule has 10 atom stereocenters. The van der Waals surface area contributed by atoms with Crippen LogP contribution in [0.3, 0.4) is 0 Å². The van der Waals surface area contributed by atoms with Gasteiger partial charge in [-0.3, -0.25) is 9.59 Å². The predicted octanol–water partition coefficient (Wildman–Crippen LogP) is -0.738. The third-order valence-corrected chi connectivity index (χ3v) is 9.46. The maximum Gasteiger partial charge on any atom is 0.402 e. The van der Waals surface area contributed by atoms with E-state index in [0.717, 1.165) is 42.5 Å². The van der Waals surface area contributed by atoms with Crippen LogP contribution in [0.2, 0.25) is 0 Å². The van der Waals surface area contributed by atoms with Gasteiger partial charge in [0.2, 0.25) is 18.3 Å². The Morgan fingerprint density at radius 2 is 1.23 bits per heavy atom. The van der Waals surface area contributed by atoms with Crippen LogP contribution in [0.1, 0.15) is 12.0 Å². The quantitative estimate of drug-likeness (QED) is 0.0259. The second-order valence-corrected chi connectivity index (χ2v) is 13.9. The molecule has 23 nitrogen and oxygen atoms in total. The molecule has 0 bridgehead atoms. The summed E-state index contributed by atoms with van der Waals surface area (Å²) in [5, 5.41) is 133. The van der Waals surface area contributed by atoms with Gasteiger partial charge in [0.25, 0.3) is 0 Å². The van der Waals surface area contributed by atoms with Gasteiger partial charge >= 0.3 is 29.3 Å². The van der Waals surface area contributed by atoms with Gasteiger partial charge in [0, 0.05) is 30.3 Å². The number of phenolic OH excluding ortho intramolecular Hbond substituents is 6. The molecule has 13 N–H and O–H groups in total. The summed E-state index contributed by atoms with van der Waals surface area (Å²) >= 11 is 0. The Morgan fingerprint density at radius 1 is 0.645 bits per heavy atom. The third kappa shape index (κ3) is 9.91. The first-order valence-corrected chi connectivity index (χ1v) is 18.2. The number of fused-ring (bicyclic) bond motifs is 1. The minimum Gasteiger partial charge on any atom is -0.507 e. The Balaban J connectivity index is 1.31. The Kier molecular flexibility index (Phi) is 13.4. The van der Waals surface area contributed by atoms with Crippen molar-refractivity contribution >= 4 is 35.0 Å². The highest BCUT2D eigenvalue weighted by Crippen LogP contribution is 2.45. The zero-order valence-corrected chi connectivity index (χ0v) is 31.6. The van der Waals surface area contributed by atoms with Gasteiger partial charge in [-0.25, -0.2) is 9.21 Å². The first-order chi connectivity index (χ1) is 29.3. The number of hydrogen-bond donors (Lipinski definition) is 13. The van der Waals surface area contributed by atoms with E-state index in [9.17, 15) is 75.7 Å². The van der Waals surface area contributed by atoms with E-state index in [0.29, 0.717) is 5.56 Å². The van der Waals surface area contributed by atoms with E-state index >= 15 is 0 Å². The summed E-state index contributed by atoms with van der Waals surface area (Å²) in [7, 11) is 0. The molecular weight excluding hydrogens is 836 g/mol. The van der Waals surface area contributed by atoms with Crippen LogP contribution in [0.5, 0.6) is 46.0 Å². The second kappa shape index (κ2) is 18.5. The summed E-state index contributed by atoms with van der Waals surface area (Å²) in [6.07, 6.45) is -17.7. The number of phenols is 6. The number of carboxylic acid groups (broad SMARTS) is 1. The SMILES string of the molecule is O=C(O)CC(=O)OCC1O[C@@H](Oc2cc(O)cc3[o+]c(-c4cc(O)c(O)c(O)c4)c(O[C@@H]4OC(COC(=O)/C=C/c5ccc(O)c(O)c5)[C@H](O)C(O)C4O)cc23)C(O)[C@@H](O)[C@@H]1O. The van der Waals surface area contributed by atoms with E-state index in [1.807, 2.05) is 0 Å². The molecule has 0 amide bonds. The fourth-order valence-electron chi connectivity index (χ4n) is 6.22. The molecule has 0 spiro atoms. The number of esters is 2. The van der Waals surface area contributed by atoms with Gasteiger partial charge in [0.15, 0.2) is 28.7 Å². The Bertz CT molecular complexity index is 2320. The molecule has 2 aliphatic heterocycles. The summed E-state index contributed by atoms with van der Waals surface area (Å²) < 4.78 is 39.0. The van der Waals surface area contributed by atoms with Crippen molar-refractivity contribution in [2.45, 2.75) is 67.8 Å². The maximum atomic E-state index is 12.5. The van der Waals surface area contributed by atoms with Crippen LogP contribution in [-0.2, 0) is 33.3 Å². The molecule has 2 fully saturated rings. The van der Waals surface area contributed by atoms with Gasteiger partial charge in [0.05, 0.1) is 11.6 Å². The van der Waals surface area contributed by atoms with Crippen molar-refractivity contribution in [2.75, 3.05) is 13.2 Å². The molecule has 3 heterocycles. The molecule has 2 saturated heterocycles. The highest BCUT2D eigenvalue weighted by Gasteiger charge is 2.48. The number of rotatable bonds is 13. The number of benzene rings is 3. The monoisotopic (exact) mass is 875 g/mol. The molecule has 62 heavy (non-hydrogen) atoms. The van der Waals surface area contributed by atoms with Crippen LogP contribution in [0.15, 0.2) is 59.0 Å². The van der Waals surface area contributed by atoms with Gasteiger partial charge < -0.3 is 94.8 Å². The Morgan fingerprint density at radius 3 is 1.81 bits per heavy atom. The molecule has 23 heteroatoms. The van der Waals surface area contributed by atoms with Crippen LogP contribution >= 0.6 is 0 Å². The number of aromatic hydroxyl groups is 6. The van der Waals surface area contributed by atoms with E-state index in [1.54, 1.807) is 0 Å². The number of aliphatic carboxylic acids is 1. The van der Waals surface area contributed by atoms with Gasteiger partial charge in [-0.05, 0) is 23.8 Å². The lowest BCUT2D eigenvalue weighted by molar-refractivity contribution is -0.278. The van der Waals surface area contributed by atoms with Gasteiger partial charge in [0.1, 0.15) is 85.4 Å². The predicted molar refractivity (Wildman–Crippen MR) is 200 cm³/mol. The number of carboxylic acids is 1. The van der Waals surface area contributed by atoms with E-state index in [2.05, 4.69) is 0 Å². The highest BCUT2D eigenvalue weighted by molar-refractivity contribution is 5.90. The number of aliphatic hydroxyl groups excluding tert-OH is 6. The van der Waals surface area contributed by atoms with E-state index < -0.39 is 151 Å². The van der Waals surface area contributed by atoms with Crippen LogP contribution in [0.25, 0.3) is 28.4 Å². The topological polar surface area (TPSA) is 381 Å². The minimum absolute atomic E-state index is 0.153. The Hall–Kier alpha value is -6.70. The summed E-state index contributed by atoms with van der Waals surface area (Å²) in [6.45, 7) is -1.53. The third-order valence-electron chi connectivity index (χ3n) is 9.46. The normalized spacial score (nSPS) is 26.2. The van der Waals surface area contributed by atoms with Gasteiger partial charge in [-0.1, -0.05) is 6.07 Å². The molecule has 2 aliphatic rings. The molecule has 0 radical (unpaired) electrons. The number of ether oxygens (including phenoxy) is 6.